The molecule has 188 valence electrons. The van der Waals surface area contributed by atoms with E-state index in [2.05, 4.69) is 29.5 Å². The van der Waals surface area contributed by atoms with Gasteiger partial charge in [0.25, 0.3) is 5.91 Å². The predicted molar refractivity (Wildman–Crippen MR) is 137 cm³/mol. The van der Waals surface area contributed by atoms with Crippen molar-refractivity contribution in [1.82, 2.24) is 9.80 Å². The minimum atomic E-state index is -0.399. The number of anilines is 2. The van der Waals surface area contributed by atoms with Crippen molar-refractivity contribution in [3.63, 3.8) is 0 Å². The SMILES string of the molecule is C[C@@H]1CN([C@@H](C)CO)C(=O)c2cc(NC(=O)Nc3ccccc3)ccc2O[C@@H]1CN(C)CC1CC1. The fraction of sp³-hybridized carbons (Fsp3) is 0.481. The van der Waals surface area contributed by atoms with Gasteiger partial charge in [0.05, 0.1) is 18.2 Å². The number of hydrogen-bond acceptors (Lipinski definition) is 5. The summed E-state index contributed by atoms with van der Waals surface area (Å²) in [7, 11) is 2.12. The van der Waals surface area contributed by atoms with E-state index >= 15 is 0 Å². The molecule has 8 nitrogen and oxygen atoms in total. The Hall–Kier alpha value is -3.10. The number of rotatable bonds is 8. The van der Waals surface area contributed by atoms with E-state index in [1.807, 2.05) is 25.1 Å². The first-order chi connectivity index (χ1) is 16.8. The van der Waals surface area contributed by atoms with Gasteiger partial charge in [-0.2, -0.15) is 0 Å². The number of carbonyl (C=O) groups excluding carboxylic acids is 2. The van der Waals surface area contributed by atoms with E-state index in [1.165, 1.54) is 12.8 Å². The fourth-order valence-electron chi connectivity index (χ4n) is 4.46. The van der Waals surface area contributed by atoms with Crippen LogP contribution in [0.3, 0.4) is 0 Å². The van der Waals surface area contributed by atoms with Crippen molar-refractivity contribution in [2.24, 2.45) is 11.8 Å². The zero-order valence-electron chi connectivity index (χ0n) is 20.7. The smallest absolute Gasteiger partial charge is 0.323 e. The van der Waals surface area contributed by atoms with E-state index < -0.39 is 6.03 Å². The molecule has 2 aromatic rings. The Morgan fingerprint density at radius 3 is 2.54 bits per heavy atom. The highest BCUT2D eigenvalue weighted by atomic mass is 16.5. The molecule has 0 radical (unpaired) electrons. The third-order valence-electron chi connectivity index (χ3n) is 6.71. The average molecular weight is 481 g/mol. The molecule has 0 bridgehead atoms. The zero-order chi connectivity index (χ0) is 24.9. The summed E-state index contributed by atoms with van der Waals surface area (Å²) in [6.45, 7) is 6.10. The van der Waals surface area contributed by atoms with Gasteiger partial charge in [0.1, 0.15) is 11.9 Å². The predicted octanol–water partition coefficient (Wildman–Crippen LogP) is 3.89. The number of likely N-dealkylation sites (N-methyl/N-ethyl adjacent to an activating group) is 1. The van der Waals surface area contributed by atoms with Crippen LogP contribution in [0.25, 0.3) is 0 Å². The lowest BCUT2D eigenvalue weighted by Gasteiger charge is -2.38. The topological polar surface area (TPSA) is 94.1 Å². The van der Waals surface area contributed by atoms with Crippen LogP contribution in [-0.4, -0.2) is 72.3 Å². The highest BCUT2D eigenvalue weighted by Gasteiger charge is 2.34. The molecular weight excluding hydrogens is 444 g/mol. The molecule has 2 aliphatic rings. The standard InChI is InChI=1S/C27H36N4O4/c1-18-14-31(19(2)17-32)26(33)23-13-22(29-27(34)28-21-7-5-4-6-8-21)11-12-24(23)35-25(18)16-30(3)15-20-9-10-20/h4-8,11-13,18-20,25,32H,9-10,14-17H2,1-3H3,(H2,28,29,34)/t18-,19+,25-/m1/s1. The van der Waals surface area contributed by atoms with E-state index in [1.54, 1.807) is 35.2 Å². The summed E-state index contributed by atoms with van der Waals surface area (Å²) in [5.74, 6) is 1.14. The number of aliphatic hydroxyl groups excluding tert-OH is 1. The second-order valence-electron chi connectivity index (χ2n) is 9.94. The number of ether oxygens (including phenoxy) is 1. The van der Waals surface area contributed by atoms with E-state index in [9.17, 15) is 14.7 Å². The molecule has 3 N–H and O–H groups in total. The monoisotopic (exact) mass is 480 g/mol. The maximum atomic E-state index is 13.5. The van der Waals surface area contributed by atoms with Gasteiger partial charge in [-0.1, -0.05) is 25.1 Å². The Bertz CT molecular complexity index is 1030. The molecule has 35 heavy (non-hydrogen) atoms. The molecule has 1 saturated carbocycles. The van der Waals surface area contributed by atoms with Crippen LogP contribution in [0.4, 0.5) is 16.2 Å². The first-order valence-corrected chi connectivity index (χ1v) is 12.4. The van der Waals surface area contributed by atoms with Crippen molar-refractivity contribution >= 4 is 23.3 Å². The number of amides is 3. The molecule has 0 saturated heterocycles. The Morgan fingerprint density at radius 2 is 1.86 bits per heavy atom. The Balaban J connectivity index is 1.56. The highest BCUT2D eigenvalue weighted by molar-refractivity contribution is 6.02. The van der Waals surface area contributed by atoms with Gasteiger partial charge < -0.3 is 30.3 Å². The molecule has 2 aromatic carbocycles. The quantitative estimate of drug-likeness (QED) is 0.533. The number of para-hydroxylation sites is 1. The van der Waals surface area contributed by atoms with Crippen molar-refractivity contribution < 1.29 is 19.4 Å². The fourth-order valence-corrected chi connectivity index (χ4v) is 4.46. The number of fused-ring (bicyclic) bond motifs is 1. The summed E-state index contributed by atoms with van der Waals surface area (Å²) >= 11 is 0. The van der Waals surface area contributed by atoms with Crippen LogP contribution in [-0.2, 0) is 0 Å². The summed E-state index contributed by atoms with van der Waals surface area (Å²) in [4.78, 5) is 30.1. The molecule has 3 atom stereocenters. The van der Waals surface area contributed by atoms with Crippen LogP contribution in [0.5, 0.6) is 5.75 Å². The van der Waals surface area contributed by atoms with Crippen LogP contribution in [0, 0.1) is 11.8 Å². The molecule has 1 fully saturated rings. The van der Waals surface area contributed by atoms with Crippen LogP contribution in [0.1, 0.15) is 37.0 Å². The van der Waals surface area contributed by atoms with Gasteiger partial charge in [-0.25, -0.2) is 4.79 Å². The molecule has 1 aliphatic carbocycles. The van der Waals surface area contributed by atoms with Crippen molar-refractivity contribution in [2.75, 3.05) is 43.9 Å². The lowest BCUT2D eigenvalue weighted by atomic mass is 9.99. The van der Waals surface area contributed by atoms with Crippen molar-refractivity contribution in [2.45, 2.75) is 38.8 Å². The van der Waals surface area contributed by atoms with E-state index in [0.717, 1.165) is 19.0 Å². The summed E-state index contributed by atoms with van der Waals surface area (Å²) in [5, 5.41) is 15.4. The van der Waals surface area contributed by atoms with E-state index in [4.69, 9.17) is 4.74 Å². The Labute approximate surface area is 207 Å². The Morgan fingerprint density at radius 1 is 1.14 bits per heavy atom. The first-order valence-electron chi connectivity index (χ1n) is 12.4. The van der Waals surface area contributed by atoms with Gasteiger partial charge >= 0.3 is 6.03 Å². The lowest BCUT2D eigenvalue weighted by Crippen LogP contribution is -2.50. The van der Waals surface area contributed by atoms with Gasteiger partial charge in [0, 0.05) is 36.9 Å². The van der Waals surface area contributed by atoms with Crippen LogP contribution in [0.15, 0.2) is 48.5 Å². The van der Waals surface area contributed by atoms with Gasteiger partial charge in [-0.3, -0.25) is 4.79 Å². The van der Waals surface area contributed by atoms with Crippen molar-refractivity contribution in [3.05, 3.63) is 54.1 Å². The molecule has 0 spiro atoms. The molecule has 1 aliphatic heterocycles. The average Bonchev–Trinajstić information content (AvgIpc) is 3.65. The largest absolute Gasteiger partial charge is 0.488 e. The van der Waals surface area contributed by atoms with Gasteiger partial charge in [-0.05, 0) is 63.1 Å². The van der Waals surface area contributed by atoms with Crippen molar-refractivity contribution in [1.29, 1.82) is 0 Å². The highest BCUT2D eigenvalue weighted by Crippen LogP contribution is 2.32. The number of urea groups is 1. The normalized spacial score (nSPS) is 20.9. The number of nitrogens with zero attached hydrogens (tertiary/aromatic N) is 2. The third-order valence-corrected chi connectivity index (χ3v) is 6.71. The number of aliphatic hydroxyl groups is 1. The maximum Gasteiger partial charge on any atom is 0.323 e. The number of hydrogen-bond donors (Lipinski definition) is 3. The number of nitrogens with one attached hydrogen (secondary N) is 2. The maximum absolute atomic E-state index is 13.5. The lowest BCUT2D eigenvalue weighted by molar-refractivity contribution is 0.0344. The summed E-state index contributed by atoms with van der Waals surface area (Å²) in [5.41, 5.74) is 1.54. The minimum Gasteiger partial charge on any atom is -0.488 e. The third kappa shape index (κ3) is 6.52. The van der Waals surface area contributed by atoms with Crippen LogP contribution < -0.4 is 15.4 Å². The second-order valence-corrected chi connectivity index (χ2v) is 9.94. The molecular formula is C27H36N4O4. The number of carbonyl (C=O) groups is 2. The molecule has 0 aromatic heterocycles. The summed E-state index contributed by atoms with van der Waals surface area (Å²) in [6.07, 6.45) is 2.47. The van der Waals surface area contributed by atoms with E-state index in [0.29, 0.717) is 29.2 Å². The molecule has 0 unspecified atom stereocenters. The van der Waals surface area contributed by atoms with Gasteiger partial charge in [0.2, 0.25) is 0 Å². The van der Waals surface area contributed by atoms with Crippen molar-refractivity contribution in [3.8, 4) is 5.75 Å². The van der Waals surface area contributed by atoms with E-state index in [-0.39, 0.29) is 30.6 Å². The van der Waals surface area contributed by atoms with Crippen LogP contribution >= 0.6 is 0 Å². The summed E-state index contributed by atoms with van der Waals surface area (Å²) < 4.78 is 6.43. The minimum absolute atomic E-state index is 0.0807. The molecule has 1 heterocycles. The van der Waals surface area contributed by atoms with Gasteiger partial charge in [-0.15, -0.1) is 0 Å². The molecule has 4 rings (SSSR count). The second kappa shape index (κ2) is 11.1. The molecule has 3 amide bonds. The van der Waals surface area contributed by atoms with Gasteiger partial charge in [0.15, 0.2) is 0 Å². The summed E-state index contributed by atoms with van der Waals surface area (Å²) in [6, 6.07) is 13.6. The Kier molecular flexibility index (Phi) is 7.93. The number of benzene rings is 2. The first kappa shape index (κ1) is 25.0. The molecule has 8 heteroatoms. The zero-order valence-corrected chi connectivity index (χ0v) is 20.7. The van der Waals surface area contributed by atoms with Crippen LogP contribution in [0.2, 0.25) is 0 Å².